The second-order valence-corrected chi connectivity index (χ2v) is 6.92. The first-order chi connectivity index (χ1) is 11.2. The van der Waals surface area contributed by atoms with E-state index in [0.717, 1.165) is 12.3 Å². The summed E-state index contributed by atoms with van der Waals surface area (Å²) in [6.45, 7) is 0. The zero-order valence-electron chi connectivity index (χ0n) is 12.4. The lowest BCUT2D eigenvalue weighted by Gasteiger charge is -2.04. The van der Waals surface area contributed by atoms with Gasteiger partial charge in [0.15, 0.2) is 9.84 Å². The fourth-order valence-corrected chi connectivity index (χ4v) is 2.89. The van der Waals surface area contributed by atoms with Gasteiger partial charge in [-0.3, -0.25) is 20.2 Å². The Morgan fingerprint density at radius 3 is 1.92 bits per heavy atom. The highest BCUT2D eigenvalue weighted by Crippen LogP contribution is 2.24. The quantitative estimate of drug-likeness (QED) is 0.465. The SMILES string of the molecule is CS(=O)(=O)c1cc([N+](=O)[O-])ccc1/C=C/c1ccc([N+](=O)[O-])cc1. The van der Waals surface area contributed by atoms with Gasteiger partial charge in [0.25, 0.3) is 11.4 Å². The second kappa shape index (κ2) is 6.59. The summed E-state index contributed by atoms with van der Waals surface area (Å²) in [7, 11) is -3.66. The zero-order chi connectivity index (χ0) is 17.9. The summed E-state index contributed by atoms with van der Waals surface area (Å²) in [5.41, 5.74) is 0.544. The van der Waals surface area contributed by atoms with E-state index >= 15 is 0 Å². The minimum atomic E-state index is -3.66. The van der Waals surface area contributed by atoms with Crippen molar-refractivity contribution in [2.75, 3.05) is 6.26 Å². The molecule has 0 fully saturated rings. The molecule has 0 heterocycles. The van der Waals surface area contributed by atoms with Crippen LogP contribution in [0.3, 0.4) is 0 Å². The zero-order valence-corrected chi connectivity index (χ0v) is 13.3. The summed E-state index contributed by atoms with van der Waals surface area (Å²) in [5, 5.41) is 21.4. The molecule has 2 aromatic rings. The van der Waals surface area contributed by atoms with Crippen LogP contribution in [-0.4, -0.2) is 24.5 Å². The van der Waals surface area contributed by atoms with Crippen LogP contribution in [0.4, 0.5) is 11.4 Å². The molecular weight excluding hydrogens is 336 g/mol. The van der Waals surface area contributed by atoms with E-state index < -0.39 is 19.7 Å². The van der Waals surface area contributed by atoms with Crippen molar-refractivity contribution < 1.29 is 18.3 Å². The molecule has 0 aliphatic carbocycles. The Morgan fingerprint density at radius 2 is 1.42 bits per heavy atom. The first kappa shape index (κ1) is 17.3. The Hall–Kier alpha value is -3.07. The highest BCUT2D eigenvalue weighted by molar-refractivity contribution is 7.90. The molecule has 0 unspecified atom stereocenters. The number of rotatable bonds is 5. The van der Waals surface area contributed by atoms with Crippen LogP contribution in [0.5, 0.6) is 0 Å². The fourth-order valence-electron chi connectivity index (χ4n) is 1.99. The number of hydrogen-bond acceptors (Lipinski definition) is 6. The van der Waals surface area contributed by atoms with Gasteiger partial charge in [-0.15, -0.1) is 0 Å². The highest BCUT2D eigenvalue weighted by atomic mass is 32.2. The Labute approximate surface area is 137 Å². The molecule has 124 valence electrons. The van der Waals surface area contributed by atoms with Crippen molar-refractivity contribution in [3.63, 3.8) is 0 Å². The number of nitro benzene ring substituents is 2. The molecule has 0 atom stereocenters. The smallest absolute Gasteiger partial charge is 0.258 e. The van der Waals surface area contributed by atoms with Crippen LogP contribution in [0.25, 0.3) is 12.2 Å². The van der Waals surface area contributed by atoms with Crippen LogP contribution in [0.2, 0.25) is 0 Å². The summed E-state index contributed by atoms with van der Waals surface area (Å²) in [6, 6.07) is 9.24. The molecule has 0 N–H and O–H groups in total. The largest absolute Gasteiger partial charge is 0.270 e. The molecule has 0 aliphatic heterocycles. The minimum Gasteiger partial charge on any atom is -0.258 e. The first-order valence-electron chi connectivity index (χ1n) is 6.59. The van der Waals surface area contributed by atoms with Crippen molar-refractivity contribution in [3.8, 4) is 0 Å². The Balaban J connectivity index is 2.41. The molecule has 2 aromatic carbocycles. The summed E-state index contributed by atoms with van der Waals surface area (Å²) in [4.78, 5) is 20.0. The van der Waals surface area contributed by atoms with Gasteiger partial charge in [0, 0.05) is 30.5 Å². The van der Waals surface area contributed by atoms with E-state index in [1.165, 1.54) is 42.5 Å². The summed E-state index contributed by atoms with van der Waals surface area (Å²) in [5.74, 6) is 0. The van der Waals surface area contributed by atoms with Crippen LogP contribution in [0.15, 0.2) is 47.4 Å². The van der Waals surface area contributed by atoms with Gasteiger partial charge < -0.3 is 0 Å². The number of benzene rings is 2. The third-order valence-electron chi connectivity index (χ3n) is 3.17. The Kier molecular flexibility index (Phi) is 4.74. The number of nitrogens with zero attached hydrogens (tertiary/aromatic N) is 2. The normalized spacial score (nSPS) is 11.5. The predicted octanol–water partition coefficient (Wildman–Crippen LogP) is 3.08. The van der Waals surface area contributed by atoms with Crippen molar-refractivity contribution in [3.05, 3.63) is 73.8 Å². The third-order valence-corrected chi connectivity index (χ3v) is 4.32. The monoisotopic (exact) mass is 348 g/mol. The van der Waals surface area contributed by atoms with Gasteiger partial charge in [-0.25, -0.2) is 8.42 Å². The first-order valence-corrected chi connectivity index (χ1v) is 8.48. The lowest BCUT2D eigenvalue weighted by molar-refractivity contribution is -0.385. The van der Waals surface area contributed by atoms with Crippen molar-refractivity contribution in [1.29, 1.82) is 0 Å². The third kappa shape index (κ3) is 4.02. The molecule has 24 heavy (non-hydrogen) atoms. The molecular formula is C15H12N2O6S. The molecule has 0 radical (unpaired) electrons. The Morgan fingerprint density at radius 1 is 0.875 bits per heavy atom. The molecule has 0 bridgehead atoms. The Bertz CT molecular complexity index is 933. The second-order valence-electron chi connectivity index (χ2n) is 4.93. The predicted molar refractivity (Wildman–Crippen MR) is 88.2 cm³/mol. The van der Waals surface area contributed by atoms with Gasteiger partial charge in [0.05, 0.1) is 14.7 Å². The van der Waals surface area contributed by atoms with Crippen molar-refractivity contribution in [1.82, 2.24) is 0 Å². The summed E-state index contributed by atoms with van der Waals surface area (Å²) in [6.07, 6.45) is 4.02. The van der Waals surface area contributed by atoms with E-state index in [4.69, 9.17) is 0 Å². The molecule has 9 heteroatoms. The summed E-state index contributed by atoms with van der Waals surface area (Å²) < 4.78 is 23.7. The molecule has 0 spiro atoms. The number of sulfone groups is 1. The van der Waals surface area contributed by atoms with E-state index in [-0.39, 0.29) is 16.3 Å². The number of hydrogen-bond donors (Lipinski definition) is 0. The summed E-state index contributed by atoms with van der Waals surface area (Å²) >= 11 is 0. The standard InChI is InChI=1S/C15H12N2O6S/c1-24(22,23)15-10-14(17(20)21)9-6-12(15)5-2-11-3-7-13(8-4-11)16(18)19/h2-10H,1H3/b5-2+. The van der Waals surface area contributed by atoms with Crippen molar-refractivity contribution in [2.24, 2.45) is 0 Å². The van der Waals surface area contributed by atoms with Gasteiger partial charge in [0.2, 0.25) is 0 Å². The average Bonchev–Trinajstić information content (AvgIpc) is 2.52. The molecule has 0 saturated carbocycles. The maximum atomic E-state index is 11.8. The van der Waals surface area contributed by atoms with Gasteiger partial charge in [0.1, 0.15) is 0 Å². The van der Waals surface area contributed by atoms with Crippen molar-refractivity contribution in [2.45, 2.75) is 4.90 Å². The van der Waals surface area contributed by atoms with Gasteiger partial charge >= 0.3 is 0 Å². The van der Waals surface area contributed by atoms with E-state index in [0.29, 0.717) is 11.1 Å². The lowest BCUT2D eigenvalue weighted by Crippen LogP contribution is -2.01. The van der Waals surface area contributed by atoms with Crippen LogP contribution >= 0.6 is 0 Å². The maximum Gasteiger partial charge on any atom is 0.270 e. The van der Waals surface area contributed by atoms with Crippen LogP contribution in [-0.2, 0) is 9.84 Å². The van der Waals surface area contributed by atoms with E-state index in [2.05, 4.69) is 0 Å². The van der Waals surface area contributed by atoms with Gasteiger partial charge in [-0.05, 0) is 29.3 Å². The molecule has 8 nitrogen and oxygen atoms in total. The number of nitro groups is 2. The highest BCUT2D eigenvalue weighted by Gasteiger charge is 2.17. The van der Waals surface area contributed by atoms with Gasteiger partial charge in [-0.2, -0.15) is 0 Å². The minimum absolute atomic E-state index is 0.0562. The van der Waals surface area contributed by atoms with Crippen LogP contribution < -0.4 is 0 Å². The maximum absolute atomic E-state index is 11.8. The number of non-ortho nitro benzene ring substituents is 2. The van der Waals surface area contributed by atoms with E-state index in [1.807, 2.05) is 0 Å². The van der Waals surface area contributed by atoms with Crippen LogP contribution in [0.1, 0.15) is 11.1 Å². The molecule has 0 aliphatic rings. The topological polar surface area (TPSA) is 120 Å². The van der Waals surface area contributed by atoms with Gasteiger partial charge in [-0.1, -0.05) is 12.2 Å². The van der Waals surface area contributed by atoms with Crippen LogP contribution in [0, 0.1) is 20.2 Å². The molecule has 0 amide bonds. The van der Waals surface area contributed by atoms with Crippen molar-refractivity contribution >= 4 is 33.4 Å². The van der Waals surface area contributed by atoms with E-state index in [9.17, 15) is 28.6 Å². The average molecular weight is 348 g/mol. The molecule has 0 aromatic heterocycles. The lowest BCUT2D eigenvalue weighted by atomic mass is 10.1. The molecule has 2 rings (SSSR count). The van der Waals surface area contributed by atoms with E-state index in [1.54, 1.807) is 6.08 Å². The molecule has 0 saturated heterocycles. The fraction of sp³-hybridized carbons (Fsp3) is 0.0667.